The molecular weight excluding hydrogens is 210 g/mol. The van der Waals surface area contributed by atoms with Crippen LogP contribution in [0, 0.1) is 0 Å². The molecule has 0 aromatic heterocycles. The van der Waals surface area contributed by atoms with Crippen molar-refractivity contribution in [2.75, 3.05) is 6.73 Å². The van der Waals surface area contributed by atoms with E-state index >= 15 is 0 Å². The fraction of sp³-hybridized carbons (Fsp3) is 0.273. The van der Waals surface area contributed by atoms with Crippen LogP contribution in [0.3, 0.4) is 0 Å². The molecule has 0 radical (unpaired) electrons. The second kappa shape index (κ2) is 4.32. The Morgan fingerprint density at radius 2 is 2.12 bits per heavy atom. The zero-order valence-corrected chi connectivity index (χ0v) is 8.75. The van der Waals surface area contributed by atoms with Gasteiger partial charge in [-0.05, 0) is 19.1 Å². The number of para-hydroxylation sites is 1. The van der Waals surface area contributed by atoms with Crippen LogP contribution < -0.4 is 4.74 Å². The summed E-state index contributed by atoms with van der Waals surface area (Å²) in [6, 6.07) is 8.58. The van der Waals surface area contributed by atoms with E-state index in [0.717, 1.165) is 4.90 Å². The van der Waals surface area contributed by atoms with E-state index in [2.05, 4.69) is 0 Å². The van der Waals surface area contributed by atoms with Crippen molar-refractivity contribution in [2.45, 2.75) is 13.0 Å². The number of hydrogen-bond donors (Lipinski definition) is 0. The van der Waals surface area contributed by atoms with E-state index in [-0.39, 0.29) is 12.6 Å². The van der Waals surface area contributed by atoms with Gasteiger partial charge in [0.05, 0.1) is 0 Å². The molecule has 1 aliphatic heterocycles. The lowest BCUT2D eigenvalue weighted by Crippen LogP contribution is -2.36. The predicted octanol–water partition coefficient (Wildman–Crippen LogP) is 1.39. The summed E-state index contributed by atoms with van der Waals surface area (Å²) >= 11 is 0. The molecule has 1 fully saturated rings. The normalized spacial score (nSPS) is 19.9. The van der Waals surface area contributed by atoms with Gasteiger partial charge in [-0.15, -0.1) is 0 Å². The van der Waals surface area contributed by atoms with Crippen LogP contribution >= 0.6 is 0 Å². The molecule has 5 heteroatoms. The monoisotopic (exact) mass is 221 g/mol. The van der Waals surface area contributed by atoms with Gasteiger partial charge < -0.3 is 9.47 Å². The lowest BCUT2D eigenvalue weighted by molar-refractivity contribution is -0.127. The Bertz CT molecular complexity index is 404. The fourth-order valence-electron chi connectivity index (χ4n) is 1.33. The maximum atomic E-state index is 11.6. The van der Waals surface area contributed by atoms with Gasteiger partial charge in [0.25, 0.3) is 5.91 Å². The third-order valence-electron chi connectivity index (χ3n) is 2.24. The second-order valence-corrected chi connectivity index (χ2v) is 3.39. The van der Waals surface area contributed by atoms with Crippen LogP contribution in [-0.2, 0) is 9.53 Å². The van der Waals surface area contributed by atoms with Gasteiger partial charge in [0.15, 0.2) is 0 Å². The standard InChI is InChI=1S/C11H11NO4/c1-8-10(13)12(7-15-8)11(14)16-9-5-3-2-4-6-9/h2-6,8H,7H2,1H3. The number of hydrogen-bond acceptors (Lipinski definition) is 4. The Morgan fingerprint density at radius 1 is 1.44 bits per heavy atom. The lowest BCUT2D eigenvalue weighted by atomic mass is 10.3. The highest BCUT2D eigenvalue weighted by Gasteiger charge is 2.34. The molecule has 1 heterocycles. The van der Waals surface area contributed by atoms with Crippen molar-refractivity contribution in [1.82, 2.24) is 4.90 Å². The molecule has 5 nitrogen and oxygen atoms in total. The molecule has 1 unspecified atom stereocenters. The molecule has 1 aromatic rings. The van der Waals surface area contributed by atoms with Gasteiger partial charge in [0.1, 0.15) is 18.6 Å². The first-order chi connectivity index (χ1) is 7.68. The number of benzene rings is 1. The third kappa shape index (κ3) is 2.04. The molecule has 0 spiro atoms. The van der Waals surface area contributed by atoms with Crippen molar-refractivity contribution >= 4 is 12.0 Å². The molecule has 0 saturated carbocycles. The molecule has 2 rings (SSSR count). The van der Waals surface area contributed by atoms with Gasteiger partial charge >= 0.3 is 6.09 Å². The number of carbonyl (C=O) groups excluding carboxylic acids is 2. The molecule has 1 saturated heterocycles. The van der Waals surface area contributed by atoms with Gasteiger partial charge in [-0.25, -0.2) is 9.69 Å². The third-order valence-corrected chi connectivity index (χ3v) is 2.24. The van der Waals surface area contributed by atoms with Crippen molar-refractivity contribution < 1.29 is 19.1 Å². The minimum atomic E-state index is -0.708. The Morgan fingerprint density at radius 3 is 2.69 bits per heavy atom. The highest BCUT2D eigenvalue weighted by atomic mass is 16.6. The minimum absolute atomic E-state index is 0.0499. The van der Waals surface area contributed by atoms with Crippen molar-refractivity contribution in [2.24, 2.45) is 0 Å². The van der Waals surface area contributed by atoms with E-state index in [4.69, 9.17) is 9.47 Å². The van der Waals surface area contributed by atoms with Gasteiger partial charge in [0, 0.05) is 0 Å². The topological polar surface area (TPSA) is 55.8 Å². The number of rotatable bonds is 1. The summed E-state index contributed by atoms with van der Waals surface area (Å²) in [5.41, 5.74) is 0. The van der Waals surface area contributed by atoms with Gasteiger partial charge in [-0.1, -0.05) is 18.2 Å². The van der Waals surface area contributed by atoms with Crippen molar-refractivity contribution in [1.29, 1.82) is 0 Å². The zero-order chi connectivity index (χ0) is 11.5. The Kier molecular flexibility index (Phi) is 2.87. The molecule has 1 aliphatic rings. The van der Waals surface area contributed by atoms with Gasteiger partial charge in [0.2, 0.25) is 0 Å². The average molecular weight is 221 g/mol. The first-order valence-corrected chi connectivity index (χ1v) is 4.88. The maximum absolute atomic E-state index is 11.6. The average Bonchev–Trinajstić information content (AvgIpc) is 2.61. The molecule has 2 amide bonds. The molecule has 1 aromatic carbocycles. The largest absolute Gasteiger partial charge is 0.424 e. The van der Waals surface area contributed by atoms with Crippen LogP contribution in [0.1, 0.15) is 6.92 Å². The summed E-state index contributed by atoms with van der Waals surface area (Å²) in [6.07, 6.45) is -1.29. The summed E-state index contributed by atoms with van der Waals surface area (Å²) < 4.78 is 10.0. The first kappa shape index (κ1) is 10.6. The Labute approximate surface area is 92.6 Å². The molecule has 0 N–H and O–H groups in total. The van der Waals surface area contributed by atoms with Crippen LogP contribution in [0.2, 0.25) is 0 Å². The number of imide groups is 1. The summed E-state index contributed by atoms with van der Waals surface area (Å²) in [6.45, 7) is 1.55. The summed E-state index contributed by atoms with van der Waals surface area (Å²) in [5, 5.41) is 0. The maximum Gasteiger partial charge on any atom is 0.424 e. The molecule has 84 valence electrons. The number of nitrogens with zero attached hydrogens (tertiary/aromatic N) is 1. The Balaban J connectivity index is 2.02. The van der Waals surface area contributed by atoms with E-state index in [1.54, 1.807) is 31.2 Å². The fourth-order valence-corrected chi connectivity index (χ4v) is 1.33. The second-order valence-electron chi connectivity index (χ2n) is 3.39. The highest BCUT2D eigenvalue weighted by Crippen LogP contribution is 2.14. The number of ether oxygens (including phenoxy) is 2. The number of amides is 2. The van der Waals surface area contributed by atoms with Crippen LogP contribution in [-0.4, -0.2) is 29.7 Å². The lowest BCUT2D eigenvalue weighted by Gasteiger charge is -2.11. The van der Waals surface area contributed by atoms with E-state index in [0.29, 0.717) is 5.75 Å². The highest BCUT2D eigenvalue weighted by molar-refractivity contribution is 5.96. The van der Waals surface area contributed by atoms with E-state index < -0.39 is 12.2 Å². The Hall–Kier alpha value is -1.88. The molecule has 0 aliphatic carbocycles. The molecule has 16 heavy (non-hydrogen) atoms. The van der Waals surface area contributed by atoms with Crippen molar-refractivity contribution in [3.63, 3.8) is 0 Å². The summed E-state index contributed by atoms with van der Waals surface area (Å²) in [5.74, 6) is 0.0285. The van der Waals surface area contributed by atoms with Crippen LogP contribution in [0.5, 0.6) is 5.75 Å². The minimum Gasteiger partial charge on any atom is -0.410 e. The van der Waals surface area contributed by atoms with E-state index in [9.17, 15) is 9.59 Å². The quantitative estimate of drug-likeness (QED) is 0.719. The van der Waals surface area contributed by atoms with Gasteiger partial charge in [-0.2, -0.15) is 0 Å². The first-order valence-electron chi connectivity index (χ1n) is 4.88. The smallest absolute Gasteiger partial charge is 0.410 e. The van der Waals surface area contributed by atoms with Gasteiger partial charge in [-0.3, -0.25) is 4.79 Å². The van der Waals surface area contributed by atoms with Crippen LogP contribution in [0.15, 0.2) is 30.3 Å². The molecule has 1 atom stereocenters. The molecular formula is C11H11NO4. The van der Waals surface area contributed by atoms with Crippen molar-refractivity contribution in [3.05, 3.63) is 30.3 Å². The predicted molar refractivity (Wildman–Crippen MR) is 54.7 cm³/mol. The van der Waals surface area contributed by atoms with Crippen molar-refractivity contribution in [3.8, 4) is 5.75 Å². The number of carbonyl (C=O) groups is 2. The molecule has 0 bridgehead atoms. The zero-order valence-electron chi connectivity index (χ0n) is 8.75. The van der Waals surface area contributed by atoms with Crippen LogP contribution in [0.25, 0.3) is 0 Å². The van der Waals surface area contributed by atoms with E-state index in [1.807, 2.05) is 6.07 Å². The SMILES string of the molecule is CC1OCN(C(=O)Oc2ccccc2)C1=O. The summed E-state index contributed by atoms with van der Waals surface area (Å²) in [7, 11) is 0. The summed E-state index contributed by atoms with van der Waals surface area (Å²) in [4.78, 5) is 24.0. The van der Waals surface area contributed by atoms with Crippen LogP contribution in [0.4, 0.5) is 4.79 Å². The van der Waals surface area contributed by atoms with E-state index in [1.165, 1.54) is 0 Å².